The third-order valence-electron chi connectivity index (χ3n) is 2.95. The molecule has 84 valence electrons. The third-order valence-corrected chi connectivity index (χ3v) is 2.95. The molecule has 0 saturated heterocycles. The van der Waals surface area contributed by atoms with Crippen LogP contribution >= 0.6 is 0 Å². The summed E-state index contributed by atoms with van der Waals surface area (Å²) in [5.41, 5.74) is 0. The molecule has 0 fully saturated rings. The lowest BCUT2D eigenvalue weighted by Crippen LogP contribution is -2.56. The van der Waals surface area contributed by atoms with Crippen LogP contribution in [0.15, 0.2) is 0 Å². The van der Waals surface area contributed by atoms with Crippen molar-refractivity contribution in [1.29, 1.82) is 0 Å². The first-order valence-electron chi connectivity index (χ1n) is 5.32. The molecule has 0 N–H and O–H groups in total. The van der Waals surface area contributed by atoms with Crippen LogP contribution in [0.3, 0.4) is 0 Å². The molecule has 0 bridgehead atoms. The Labute approximate surface area is 87.3 Å². The van der Waals surface area contributed by atoms with Crippen molar-refractivity contribution in [2.45, 2.75) is 40.2 Å². The maximum atomic E-state index is 10.6. The number of carbonyl (C=O) groups excluding carboxylic acids is 1. The summed E-state index contributed by atoms with van der Waals surface area (Å²) in [5, 5.41) is 10.6. The lowest BCUT2D eigenvalue weighted by molar-refractivity contribution is -0.924. The van der Waals surface area contributed by atoms with E-state index in [4.69, 9.17) is 0 Å². The van der Waals surface area contributed by atoms with E-state index in [-0.39, 0.29) is 6.54 Å². The van der Waals surface area contributed by atoms with Crippen molar-refractivity contribution in [1.82, 2.24) is 0 Å². The van der Waals surface area contributed by atoms with Gasteiger partial charge in [-0.1, -0.05) is 13.8 Å². The zero-order valence-corrected chi connectivity index (χ0v) is 10.0. The number of aliphatic carboxylic acids is 1. The van der Waals surface area contributed by atoms with E-state index in [1.54, 1.807) is 0 Å². The molecule has 0 rings (SSSR count). The molecule has 0 spiro atoms. The Hall–Kier alpha value is -0.570. The first-order chi connectivity index (χ1) is 6.28. The summed E-state index contributed by atoms with van der Waals surface area (Å²) in [7, 11) is 1.99. The minimum atomic E-state index is -0.954. The monoisotopic (exact) mass is 201 g/mol. The number of carboxylic acid groups (broad SMARTS) is 1. The fraction of sp³-hybridized carbons (Fsp3) is 0.909. The summed E-state index contributed by atoms with van der Waals surface area (Å²) in [6, 6.07) is 0.326. The van der Waals surface area contributed by atoms with Gasteiger partial charge >= 0.3 is 0 Å². The van der Waals surface area contributed by atoms with Crippen molar-refractivity contribution in [3.05, 3.63) is 0 Å². The number of nitrogens with zero attached hydrogens (tertiary/aromatic N) is 1. The smallest absolute Gasteiger partial charge is 0.119 e. The van der Waals surface area contributed by atoms with E-state index in [0.29, 0.717) is 16.4 Å². The summed E-state index contributed by atoms with van der Waals surface area (Å²) in [4.78, 5) is 10.6. The predicted octanol–water partition coefficient (Wildman–Crippen LogP) is 0.637. The minimum absolute atomic E-state index is 0.115. The second-order valence-electron chi connectivity index (χ2n) is 5.01. The van der Waals surface area contributed by atoms with Gasteiger partial charge in [0.1, 0.15) is 6.54 Å². The molecule has 0 aromatic rings. The predicted molar refractivity (Wildman–Crippen MR) is 55.5 cm³/mol. The van der Waals surface area contributed by atoms with Crippen LogP contribution < -0.4 is 5.11 Å². The molecule has 0 aliphatic carbocycles. The van der Waals surface area contributed by atoms with Gasteiger partial charge in [0.05, 0.1) is 25.6 Å². The Morgan fingerprint density at radius 1 is 1.29 bits per heavy atom. The van der Waals surface area contributed by atoms with Gasteiger partial charge in [0.2, 0.25) is 0 Å². The van der Waals surface area contributed by atoms with Gasteiger partial charge in [-0.15, -0.1) is 0 Å². The summed E-state index contributed by atoms with van der Waals surface area (Å²) >= 11 is 0. The topological polar surface area (TPSA) is 40.1 Å². The Morgan fingerprint density at radius 3 is 2.07 bits per heavy atom. The molecule has 0 aliphatic rings. The average Bonchev–Trinajstić information content (AvgIpc) is 1.99. The highest BCUT2D eigenvalue weighted by Gasteiger charge is 2.25. The number of carboxylic acids is 1. The van der Waals surface area contributed by atoms with E-state index in [9.17, 15) is 9.90 Å². The van der Waals surface area contributed by atoms with Crippen molar-refractivity contribution in [2.75, 3.05) is 20.1 Å². The van der Waals surface area contributed by atoms with Crippen LogP contribution in [0.2, 0.25) is 0 Å². The molecule has 0 amide bonds. The molecule has 0 aromatic carbocycles. The summed E-state index contributed by atoms with van der Waals surface area (Å²) in [5.74, 6) is -0.335. The molecule has 0 aromatic heterocycles. The summed E-state index contributed by atoms with van der Waals surface area (Å²) < 4.78 is 0.570. The van der Waals surface area contributed by atoms with Gasteiger partial charge in [-0.3, -0.25) is 0 Å². The van der Waals surface area contributed by atoms with Gasteiger partial charge < -0.3 is 14.4 Å². The average molecular weight is 201 g/mol. The minimum Gasteiger partial charge on any atom is -0.544 e. The van der Waals surface area contributed by atoms with Crippen LogP contribution in [0.5, 0.6) is 0 Å². The largest absolute Gasteiger partial charge is 0.544 e. The highest BCUT2D eigenvalue weighted by molar-refractivity contribution is 5.65. The van der Waals surface area contributed by atoms with Crippen molar-refractivity contribution < 1.29 is 14.4 Å². The fourth-order valence-corrected chi connectivity index (χ4v) is 1.37. The van der Waals surface area contributed by atoms with Crippen molar-refractivity contribution in [3.8, 4) is 0 Å². The first kappa shape index (κ1) is 13.4. The molecule has 0 aliphatic heterocycles. The van der Waals surface area contributed by atoms with E-state index >= 15 is 0 Å². The lowest BCUT2D eigenvalue weighted by Gasteiger charge is -2.39. The molecule has 14 heavy (non-hydrogen) atoms. The number of hydrogen-bond acceptors (Lipinski definition) is 2. The molecule has 1 unspecified atom stereocenters. The van der Waals surface area contributed by atoms with Gasteiger partial charge in [-0.05, 0) is 26.2 Å². The Bertz CT molecular complexity index is 190. The zero-order chi connectivity index (χ0) is 11.4. The van der Waals surface area contributed by atoms with Gasteiger partial charge in [0, 0.05) is 0 Å². The van der Waals surface area contributed by atoms with Crippen LogP contribution in [-0.2, 0) is 4.79 Å². The molecule has 0 radical (unpaired) electrons. The van der Waals surface area contributed by atoms with Crippen LogP contribution in [0.1, 0.15) is 34.1 Å². The molecular formula is C11H23NO2. The number of carbonyl (C=O) groups is 1. The SMILES string of the molecule is CC(C)CC[N+](C)(CC(=O)[O-])C(C)C. The quantitative estimate of drug-likeness (QED) is 0.592. The number of quaternary nitrogens is 1. The van der Waals surface area contributed by atoms with E-state index in [1.807, 2.05) is 7.05 Å². The molecule has 0 saturated carbocycles. The standard InChI is InChI=1S/C11H23NO2/c1-9(2)6-7-12(5,10(3)4)8-11(13)14/h9-10H,6-8H2,1-5H3. The van der Waals surface area contributed by atoms with Gasteiger partial charge in [0.25, 0.3) is 0 Å². The van der Waals surface area contributed by atoms with E-state index in [2.05, 4.69) is 27.7 Å². The molecule has 0 heterocycles. The van der Waals surface area contributed by atoms with E-state index in [0.717, 1.165) is 13.0 Å². The third kappa shape index (κ3) is 4.61. The molecule has 1 atom stereocenters. The second-order valence-corrected chi connectivity index (χ2v) is 5.01. The highest BCUT2D eigenvalue weighted by atomic mass is 16.4. The summed E-state index contributed by atoms with van der Waals surface area (Å²) in [6.07, 6.45) is 1.06. The first-order valence-corrected chi connectivity index (χ1v) is 5.32. The van der Waals surface area contributed by atoms with Crippen molar-refractivity contribution in [2.24, 2.45) is 5.92 Å². The Kier molecular flexibility index (Phi) is 5.13. The van der Waals surface area contributed by atoms with E-state index < -0.39 is 5.97 Å². The Balaban J connectivity index is 4.31. The van der Waals surface area contributed by atoms with Gasteiger partial charge in [-0.25, -0.2) is 0 Å². The van der Waals surface area contributed by atoms with Crippen LogP contribution in [0, 0.1) is 5.92 Å². The van der Waals surface area contributed by atoms with Gasteiger partial charge in [-0.2, -0.15) is 0 Å². The molecule has 3 heteroatoms. The molecular weight excluding hydrogens is 178 g/mol. The van der Waals surface area contributed by atoms with E-state index in [1.165, 1.54) is 0 Å². The number of likely N-dealkylation sites (N-methyl/N-ethyl adjacent to an activating group) is 1. The normalized spacial score (nSPS) is 15.9. The fourth-order valence-electron chi connectivity index (χ4n) is 1.37. The molecule has 3 nitrogen and oxygen atoms in total. The van der Waals surface area contributed by atoms with Crippen LogP contribution in [-0.4, -0.2) is 36.6 Å². The maximum absolute atomic E-state index is 10.6. The second kappa shape index (κ2) is 5.35. The van der Waals surface area contributed by atoms with Crippen molar-refractivity contribution in [3.63, 3.8) is 0 Å². The Morgan fingerprint density at radius 2 is 1.79 bits per heavy atom. The number of hydrogen-bond donors (Lipinski definition) is 0. The van der Waals surface area contributed by atoms with Gasteiger partial charge in [0.15, 0.2) is 0 Å². The van der Waals surface area contributed by atoms with Crippen LogP contribution in [0.4, 0.5) is 0 Å². The lowest BCUT2D eigenvalue weighted by atomic mass is 10.1. The zero-order valence-electron chi connectivity index (χ0n) is 10.0. The highest BCUT2D eigenvalue weighted by Crippen LogP contribution is 2.13. The number of rotatable bonds is 6. The van der Waals surface area contributed by atoms with Crippen molar-refractivity contribution >= 4 is 5.97 Å². The summed E-state index contributed by atoms with van der Waals surface area (Å²) in [6.45, 7) is 9.45. The van der Waals surface area contributed by atoms with Crippen LogP contribution in [0.25, 0.3) is 0 Å². The maximum Gasteiger partial charge on any atom is 0.119 e.